The van der Waals surface area contributed by atoms with Crippen molar-refractivity contribution in [2.24, 2.45) is 5.73 Å². The normalized spacial score (nSPS) is 15.7. The van der Waals surface area contributed by atoms with Crippen LogP contribution < -0.4 is 5.73 Å². The maximum atomic E-state index is 7.43. The van der Waals surface area contributed by atoms with Crippen molar-refractivity contribution in [3.05, 3.63) is 46.9 Å². The number of hydrogen-bond acceptors (Lipinski definition) is 4. The molecule has 1 heterocycles. The van der Waals surface area contributed by atoms with Crippen LogP contribution in [0.2, 0.25) is 5.02 Å². The average Bonchev–Trinajstić information content (AvgIpc) is 3.28. The van der Waals surface area contributed by atoms with Gasteiger partial charge in [0.15, 0.2) is 0 Å². The molecule has 3 rings (SSSR count). The molecule has 0 saturated heterocycles. The monoisotopic (exact) mass is 302 g/mol. The fourth-order valence-corrected chi connectivity index (χ4v) is 2.76. The molecule has 1 aliphatic rings. The quantitative estimate of drug-likeness (QED) is 0.672. The third-order valence-electron chi connectivity index (χ3n) is 3.79. The van der Waals surface area contributed by atoms with E-state index in [1.807, 2.05) is 18.2 Å². The summed E-state index contributed by atoms with van der Waals surface area (Å²) < 4.78 is 5.56. The summed E-state index contributed by atoms with van der Waals surface area (Å²) in [7, 11) is 1.71. The van der Waals surface area contributed by atoms with E-state index in [-0.39, 0.29) is 11.4 Å². The molecule has 1 aliphatic carbocycles. The number of hydrogen-bond donors (Lipinski definition) is 2. The van der Waals surface area contributed by atoms with Crippen molar-refractivity contribution < 1.29 is 4.74 Å². The zero-order chi connectivity index (χ0) is 15.0. The molecule has 0 aliphatic heterocycles. The number of nitrogen functional groups attached to an aromatic ring is 1. The lowest BCUT2D eigenvalue weighted by Gasteiger charge is -2.16. The van der Waals surface area contributed by atoms with Gasteiger partial charge in [-0.25, -0.2) is 9.97 Å². The number of benzene rings is 1. The number of methoxy groups -OCH3 is 1. The van der Waals surface area contributed by atoms with Crippen molar-refractivity contribution >= 4 is 17.4 Å². The Morgan fingerprint density at radius 1 is 1.33 bits per heavy atom. The zero-order valence-electron chi connectivity index (χ0n) is 11.6. The number of nitrogens with one attached hydrogen (secondary N) is 1. The number of rotatable bonds is 4. The van der Waals surface area contributed by atoms with E-state index in [1.165, 1.54) is 6.33 Å². The van der Waals surface area contributed by atoms with Crippen LogP contribution in [0, 0.1) is 5.41 Å². The molecule has 108 valence electrons. The maximum Gasteiger partial charge on any atom is 0.141 e. The van der Waals surface area contributed by atoms with Gasteiger partial charge in [-0.1, -0.05) is 23.7 Å². The van der Waals surface area contributed by atoms with Crippen molar-refractivity contribution in [3.63, 3.8) is 0 Å². The first kappa shape index (κ1) is 14.0. The third kappa shape index (κ3) is 2.50. The first-order valence-corrected chi connectivity index (χ1v) is 6.95. The molecule has 0 spiro atoms. The van der Waals surface area contributed by atoms with Crippen molar-refractivity contribution in [3.8, 4) is 11.3 Å². The summed E-state index contributed by atoms with van der Waals surface area (Å²) in [5, 5.41) is 8.09. The van der Waals surface area contributed by atoms with E-state index in [4.69, 9.17) is 27.5 Å². The van der Waals surface area contributed by atoms with Gasteiger partial charge in [-0.2, -0.15) is 0 Å². The summed E-state index contributed by atoms with van der Waals surface area (Å²) >= 11 is 6.39. The Morgan fingerprint density at radius 2 is 2.10 bits per heavy atom. The smallest absolute Gasteiger partial charge is 0.141 e. The molecule has 1 aromatic carbocycles. The first-order valence-electron chi connectivity index (χ1n) is 6.58. The Bertz CT molecular complexity index is 713. The first-order chi connectivity index (χ1) is 10.1. The Morgan fingerprint density at radius 3 is 2.67 bits per heavy atom. The summed E-state index contributed by atoms with van der Waals surface area (Å²) in [6, 6.07) is 7.47. The van der Waals surface area contributed by atoms with Crippen LogP contribution in [0.5, 0.6) is 0 Å². The van der Waals surface area contributed by atoms with Gasteiger partial charge in [0.25, 0.3) is 0 Å². The Balaban J connectivity index is 1.99. The highest BCUT2D eigenvalue weighted by atomic mass is 35.5. The molecule has 2 aromatic rings. The minimum absolute atomic E-state index is 0.0855. The molecule has 3 N–H and O–H groups in total. The molecule has 1 aromatic heterocycles. The van der Waals surface area contributed by atoms with E-state index in [2.05, 4.69) is 9.97 Å². The molecular weight excluding hydrogens is 288 g/mol. The average molecular weight is 303 g/mol. The van der Waals surface area contributed by atoms with Crippen LogP contribution in [-0.2, 0) is 10.3 Å². The van der Waals surface area contributed by atoms with Crippen LogP contribution in [0.4, 0.5) is 0 Å². The number of halogens is 1. The van der Waals surface area contributed by atoms with Gasteiger partial charge in [-0.15, -0.1) is 0 Å². The Labute approximate surface area is 127 Å². The SMILES string of the molecule is COC1(c2ccc(-c3cc(C(=N)N)ncn3)cc2Cl)CC1. The van der Waals surface area contributed by atoms with E-state index in [0.717, 1.165) is 24.0 Å². The van der Waals surface area contributed by atoms with E-state index in [9.17, 15) is 0 Å². The van der Waals surface area contributed by atoms with Crippen molar-refractivity contribution in [2.75, 3.05) is 7.11 Å². The van der Waals surface area contributed by atoms with Gasteiger partial charge in [0.05, 0.1) is 11.3 Å². The minimum atomic E-state index is -0.216. The van der Waals surface area contributed by atoms with Crippen LogP contribution in [0.1, 0.15) is 24.1 Å². The highest BCUT2D eigenvalue weighted by Crippen LogP contribution is 2.51. The molecule has 1 fully saturated rings. The molecular formula is C15H15ClN4O. The number of nitrogens with two attached hydrogens (primary N) is 1. The van der Waals surface area contributed by atoms with Crippen LogP contribution in [0.25, 0.3) is 11.3 Å². The topological polar surface area (TPSA) is 84.9 Å². The van der Waals surface area contributed by atoms with Crippen molar-refractivity contribution in [1.82, 2.24) is 9.97 Å². The minimum Gasteiger partial charge on any atom is -0.382 e. The van der Waals surface area contributed by atoms with Gasteiger partial charge >= 0.3 is 0 Å². The maximum absolute atomic E-state index is 7.43. The summed E-state index contributed by atoms with van der Waals surface area (Å²) in [4.78, 5) is 8.16. The number of ether oxygens (including phenoxy) is 1. The largest absolute Gasteiger partial charge is 0.382 e. The lowest BCUT2D eigenvalue weighted by molar-refractivity contribution is 0.0790. The molecule has 0 atom stereocenters. The second kappa shape index (κ2) is 5.09. The predicted octanol–water partition coefficient (Wildman–Crippen LogP) is 2.72. The molecule has 0 radical (unpaired) electrons. The summed E-state index contributed by atoms with van der Waals surface area (Å²) in [5.41, 5.74) is 8.19. The van der Waals surface area contributed by atoms with E-state index < -0.39 is 0 Å². The number of aromatic nitrogens is 2. The van der Waals surface area contributed by atoms with E-state index >= 15 is 0 Å². The van der Waals surface area contributed by atoms with Crippen LogP contribution in [0.15, 0.2) is 30.6 Å². The number of amidine groups is 1. The molecule has 21 heavy (non-hydrogen) atoms. The fourth-order valence-electron chi connectivity index (χ4n) is 2.40. The van der Waals surface area contributed by atoms with Crippen LogP contribution in [0.3, 0.4) is 0 Å². The molecule has 0 amide bonds. The van der Waals surface area contributed by atoms with Gasteiger partial charge in [0.2, 0.25) is 0 Å². The van der Waals surface area contributed by atoms with Gasteiger partial charge in [0, 0.05) is 23.3 Å². The molecule has 6 heteroatoms. The zero-order valence-corrected chi connectivity index (χ0v) is 12.3. The predicted molar refractivity (Wildman–Crippen MR) is 81.4 cm³/mol. The van der Waals surface area contributed by atoms with E-state index in [0.29, 0.717) is 16.4 Å². The second-order valence-electron chi connectivity index (χ2n) is 5.10. The highest BCUT2D eigenvalue weighted by molar-refractivity contribution is 6.31. The lowest BCUT2D eigenvalue weighted by atomic mass is 10.0. The summed E-state index contributed by atoms with van der Waals surface area (Å²) in [6.07, 6.45) is 3.38. The Kier molecular flexibility index (Phi) is 3.39. The van der Waals surface area contributed by atoms with Crippen molar-refractivity contribution in [2.45, 2.75) is 18.4 Å². The van der Waals surface area contributed by atoms with Crippen LogP contribution in [-0.4, -0.2) is 22.9 Å². The second-order valence-corrected chi connectivity index (χ2v) is 5.50. The Hall–Kier alpha value is -1.98. The molecule has 5 nitrogen and oxygen atoms in total. The standard InChI is InChI=1S/C15H15ClN4O/c1-21-15(4-5-15)10-3-2-9(6-11(10)16)12-7-13(14(17)18)20-8-19-12/h2-3,6-8H,4-5H2,1H3,(H3,17,18). The van der Waals surface area contributed by atoms with Gasteiger partial charge in [-0.05, 0) is 25.0 Å². The van der Waals surface area contributed by atoms with Gasteiger partial charge in [0.1, 0.15) is 17.9 Å². The van der Waals surface area contributed by atoms with Crippen LogP contribution >= 0.6 is 11.6 Å². The summed E-state index contributed by atoms with van der Waals surface area (Å²) in [6.45, 7) is 0. The lowest BCUT2D eigenvalue weighted by Crippen LogP contribution is -2.13. The molecule has 0 unspecified atom stereocenters. The van der Waals surface area contributed by atoms with Crippen molar-refractivity contribution in [1.29, 1.82) is 5.41 Å². The summed E-state index contributed by atoms with van der Waals surface area (Å²) in [5.74, 6) is -0.0855. The molecule has 1 saturated carbocycles. The molecule has 0 bridgehead atoms. The fraction of sp³-hybridized carbons (Fsp3) is 0.267. The third-order valence-corrected chi connectivity index (χ3v) is 4.11. The highest BCUT2D eigenvalue weighted by Gasteiger charge is 2.46. The van der Waals surface area contributed by atoms with E-state index in [1.54, 1.807) is 13.2 Å². The van der Waals surface area contributed by atoms with Gasteiger partial charge in [-0.3, -0.25) is 5.41 Å². The van der Waals surface area contributed by atoms with Gasteiger partial charge < -0.3 is 10.5 Å². The number of nitrogens with zero attached hydrogens (tertiary/aromatic N) is 2.